The lowest BCUT2D eigenvalue weighted by Gasteiger charge is -2.19. The van der Waals surface area contributed by atoms with Crippen LogP contribution >= 0.6 is 0 Å². The zero-order valence-corrected chi connectivity index (χ0v) is 15.0. The molecule has 0 saturated heterocycles. The molecule has 0 aliphatic heterocycles. The van der Waals surface area contributed by atoms with Crippen molar-refractivity contribution in [1.82, 2.24) is 4.98 Å². The molecule has 2 aromatic carbocycles. The van der Waals surface area contributed by atoms with Crippen molar-refractivity contribution in [2.45, 2.75) is 26.4 Å². The molecule has 6 nitrogen and oxygen atoms in total. The van der Waals surface area contributed by atoms with E-state index in [2.05, 4.69) is 15.6 Å². The first-order chi connectivity index (χ1) is 12.3. The number of carbonyl (C=O) groups is 1. The molecule has 1 heterocycles. The van der Waals surface area contributed by atoms with Crippen molar-refractivity contribution in [2.75, 3.05) is 16.4 Å². The van der Waals surface area contributed by atoms with Crippen molar-refractivity contribution >= 4 is 39.6 Å². The second-order valence-corrected chi connectivity index (χ2v) is 6.95. The van der Waals surface area contributed by atoms with Crippen molar-refractivity contribution in [2.24, 2.45) is 0 Å². The number of nitrogens with zero attached hydrogens (tertiary/aromatic N) is 1. The number of hydrogen-bond donors (Lipinski definition) is 3. The summed E-state index contributed by atoms with van der Waals surface area (Å²) in [6.45, 7) is 5.47. The number of rotatable bonds is 3. The maximum Gasteiger partial charge on any atom is 0.412 e. The normalized spacial score (nSPS) is 11.2. The Morgan fingerprint density at radius 1 is 1.04 bits per heavy atom. The van der Waals surface area contributed by atoms with Crippen LogP contribution in [0.25, 0.3) is 10.8 Å². The molecule has 3 aromatic rings. The van der Waals surface area contributed by atoms with E-state index < -0.39 is 11.7 Å². The van der Waals surface area contributed by atoms with Gasteiger partial charge in [-0.25, -0.2) is 4.79 Å². The Balaban J connectivity index is 1.72. The van der Waals surface area contributed by atoms with Crippen LogP contribution in [0.3, 0.4) is 0 Å². The highest BCUT2D eigenvalue weighted by Gasteiger charge is 2.16. The fourth-order valence-electron chi connectivity index (χ4n) is 2.52. The molecule has 0 aliphatic carbocycles. The molecule has 0 aliphatic rings. The number of ether oxygens (including phenoxy) is 1. The number of pyridine rings is 1. The zero-order valence-electron chi connectivity index (χ0n) is 15.0. The van der Waals surface area contributed by atoms with Crippen LogP contribution in [0.15, 0.2) is 54.9 Å². The minimum absolute atomic E-state index is 0.481. The molecule has 0 spiro atoms. The highest BCUT2D eigenvalue weighted by atomic mass is 16.6. The Kier molecular flexibility index (Phi) is 4.67. The summed E-state index contributed by atoms with van der Waals surface area (Å²) in [4.78, 5) is 15.9. The Labute approximate surface area is 152 Å². The van der Waals surface area contributed by atoms with Gasteiger partial charge in [-0.15, -0.1) is 0 Å². The third-order valence-electron chi connectivity index (χ3n) is 3.67. The van der Waals surface area contributed by atoms with E-state index in [9.17, 15) is 4.79 Å². The van der Waals surface area contributed by atoms with E-state index >= 15 is 0 Å². The standard InChI is InChI=1S/C20H22N4O2/c1-20(2,3)26-19(25)24-15-7-5-14(6-8-15)23-17-9-4-13-12-22-11-10-16(13)18(17)21/h4-12,23H,21H2,1-3H3,(H,24,25). The Morgan fingerprint density at radius 3 is 2.42 bits per heavy atom. The number of benzene rings is 2. The lowest BCUT2D eigenvalue weighted by Crippen LogP contribution is -2.27. The summed E-state index contributed by atoms with van der Waals surface area (Å²) in [7, 11) is 0. The van der Waals surface area contributed by atoms with Crippen LogP contribution in [0.4, 0.5) is 27.5 Å². The minimum atomic E-state index is -0.533. The van der Waals surface area contributed by atoms with Gasteiger partial charge in [0, 0.05) is 34.5 Å². The summed E-state index contributed by atoms with van der Waals surface area (Å²) in [6.07, 6.45) is 3.03. The van der Waals surface area contributed by atoms with Crippen LogP contribution in [0.5, 0.6) is 0 Å². The molecular weight excluding hydrogens is 328 g/mol. The first kappa shape index (κ1) is 17.5. The van der Waals surface area contributed by atoms with Crippen molar-refractivity contribution in [1.29, 1.82) is 0 Å². The van der Waals surface area contributed by atoms with Crippen LogP contribution in [0.2, 0.25) is 0 Å². The van der Waals surface area contributed by atoms with E-state index in [4.69, 9.17) is 10.5 Å². The largest absolute Gasteiger partial charge is 0.444 e. The second kappa shape index (κ2) is 6.92. The van der Waals surface area contributed by atoms with Gasteiger partial charge in [0.2, 0.25) is 0 Å². The number of anilines is 4. The van der Waals surface area contributed by atoms with E-state index in [1.54, 1.807) is 24.5 Å². The number of fused-ring (bicyclic) bond motifs is 1. The van der Waals surface area contributed by atoms with Crippen LogP contribution in [0, 0.1) is 0 Å². The number of carbonyl (C=O) groups excluding carboxylic acids is 1. The van der Waals surface area contributed by atoms with Crippen molar-refractivity contribution in [3.05, 3.63) is 54.9 Å². The molecule has 0 unspecified atom stereocenters. The summed E-state index contributed by atoms with van der Waals surface area (Å²) in [6, 6.07) is 13.1. The number of aromatic nitrogens is 1. The quantitative estimate of drug-likeness (QED) is 0.584. The van der Waals surface area contributed by atoms with Gasteiger partial charge in [0.15, 0.2) is 0 Å². The Bertz CT molecular complexity index is 931. The Hall–Kier alpha value is -3.28. The van der Waals surface area contributed by atoms with Gasteiger partial charge in [-0.05, 0) is 57.2 Å². The lowest BCUT2D eigenvalue weighted by molar-refractivity contribution is 0.0636. The smallest absolute Gasteiger partial charge is 0.412 e. The molecule has 3 rings (SSSR count). The number of hydrogen-bond acceptors (Lipinski definition) is 5. The molecule has 6 heteroatoms. The molecule has 1 aromatic heterocycles. The lowest BCUT2D eigenvalue weighted by atomic mass is 10.1. The summed E-state index contributed by atoms with van der Waals surface area (Å²) in [5, 5.41) is 7.94. The number of amides is 1. The van der Waals surface area contributed by atoms with Crippen LogP contribution in [0.1, 0.15) is 20.8 Å². The molecule has 0 fully saturated rings. The molecule has 0 saturated carbocycles. The molecule has 1 amide bonds. The molecular formula is C20H22N4O2. The molecule has 4 N–H and O–H groups in total. The first-order valence-corrected chi connectivity index (χ1v) is 8.31. The van der Waals surface area contributed by atoms with Gasteiger partial charge in [0.25, 0.3) is 0 Å². The van der Waals surface area contributed by atoms with Crippen molar-refractivity contribution in [3.63, 3.8) is 0 Å². The van der Waals surface area contributed by atoms with E-state index in [-0.39, 0.29) is 0 Å². The van der Waals surface area contributed by atoms with Gasteiger partial charge >= 0.3 is 6.09 Å². The van der Waals surface area contributed by atoms with Gasteiger partial charge in [-0.1, -0.05) is 6.07 Å². The predicted molar refractivity (Wildman–Crippen MR) is 106 cm³/mol. The summed E-state index contributed by atoms with van der Waals surface area (Å²) in [5.41, 5.74) is 8.72. The van der Waals surface area contributed by atoms with Crippen molar-refractivity contribution < 1.29 is 9.53 Å². The summed E-state index contributed by atoms with van der Waals surface area (Å²) in [5.74, 6) is 0. The Morgan fingerprint density at radius 2 is 1.73 bits per heavy atom. The van der Waals surface area contributed by atoms with E-state index in [1.807, 2.05) is 51.1 Å². The number of nitrogen functional groups attached to an aromatic ring is 1. The SMILES string of the molecule is CC(C)(C)OC(=O)Nc1ccc(Nc2ccc3cnccc3c2N)cc1. The van der Waals surface area contributed by atoms with Gasteiger partial charge in [-0.3, -0.25) is 10.3 Å². The predicted octanol–water partition coefficient (Wildman–Crippen LogP) is 4.91. The van der Waals surface area contributed by atoms with Crippen LogP contribution < -0.4 is 16.4 Å². The monoisotopic (exact) mass is 350 g/mol. The van der Waals surface area contributed by atoms with Gasteiger partial charge in [-0.2, -0.15) is 0 Å². The third kappa shape index (κ3) is 4.22. The molecule has 134 valence electrons. The van der Waals surface area contributed by atoms with Crippen LogP contribution in [-0.2, 0) is 4.74 Å². The van der Waals surface area contributed by atoms with Gasteiger partial charge in [0.05, 0.1) is 11.4 Å². The third-order valence-corrected chi connectivity index (χ3v) is 3.67. The second-order valence-electron chi connectivity index (χ2n) is 6.95. The first-order valence-electron chi connectivity index (χ1n) is 8.31. The van der Waals surface area contributed by atoms with Gasteiger partial charge in [0.1, 0.15) is 5.60 Å². The fraction of sp³-hybridized carbons (Fsp3) is 0.200. The summed E-state index contributed by atoms with van der Waals surface area (Å²) >= 11 is 0. The van der Waals surface area contributed by atoms with Gasteiger partial charge < -0.3 is 15.8 Å². The number of nitrogens with two attached hydrogens (primary N) is 1. The average molecular weight is 350 g/mol. The zero-order chi connectivity index (χ0) is 18.7. The maximum absolute atomic E-state index is 11.8. The van der Waals surface area contributed by atoms with E-state index in [1.165, 1.54) is 0 Å². The van der Waals surface area contributed by atoms with E-state index in [0.717, 1.165) is 22.1 Å². The molecule has 26 heavy (non-hydrogen) atoms. The summed E-state index contributed by atoms with van der Waals surface area (Å²) < 4.78 is 5.24. The molecule has 0 atom stereocenters. The highest BCUT2D eigenvalue weighted by Crippen LogP contribution is 2.30. The van der Waals surface area contributed by atoms with Crippen molar-refractivity contribution in [3.8, 4) is 0 Å². The topological polar surface area (TPSA) is 89.3 Å². The minimum Gasteiger partial charge on any atom is -0.444 e. The average Bonchev–Trinajstić information content (AvgIpc) is 2.57. The molecule has 0 bridgehead atoms. The number of nitrogens with one attached hydrogen (secondary N) is 2. The highest BCUT2D eigenvalue weighted by molar-refractivity contribution is 5.99. The molecule has 0 radical (unpaired) electrons. The fourth-order valence-corrected chi connectivity index (χ4v) is 2.52. The maximum atomic E-state index is 11.8. The van der Waals surface area contributed by atoms with E-state index in [0.29, 0.717) is 11.4 Å². The van der Waals surface area contributed by atoms with Crippen LogP contribution in [-0.4, -0.2) is 16.7 Å².